The fraction of sp³-hybridized carbons (Fsp3) is 0. The van der Waals surface area contributed by atoms with E-state index >= 15 is 0 Å². The van der Waals surface area contributed by atoms with Crippen LogP contribution in [0.25, 0.3) is 6.08 Å². The quantitative estimate of drug-likeness (QED) is 0.626. The van der Waals surface area contributed by atoms with Crippen molar-refractivity contribution in [3.8, 4) is 5.75 Å². The zero-order valence-corrected chi connectivity index (χ0v) is 9.99. The van der Waals surface area contributed by atoms with Crippen LogP contribution in [0, 0.1) is 0 Å². The Morgan fingerprint density at radius 2 is 1.94 bits per heavy atom. The Hall–Kier alpha value is -1.06. The van der Waals surface area contributed by atoms with Crippen molar-refractivity contribution in [1.82, 2.24) is 0 Å². The lowest BCUT2D eigenvalue weighted by Crippen LogP contribution is -1.85. The third-order valence-corrected chi connectivity index (χ3v) is 3.29. The largest absolute Gasteiger partial charge is 0.516 e. The van der Waals surface area contributed by atoms with Crippen LogP contribution in [0.2, 0.25) is 0 Å². The first kappa shape index (κ1) is 13.0. The predicted octanol–water partition coefficient (Wildman–Crippen LogP) is 2.38. The minimum absolute atomic E-state index is 0.194. The predicted molar refractivity (Wildman–Crippen MR) is 60.0 cm³/mol. The molecule has 1 rings (SSSR count). The Bertz CT molecular complexity index is 430. The summed E-state index contributed by atoms with van der Waals surface area (Å²) in [5.41, 5.74) is 0.476. The third kappa shape index (κ3) is 4.21. The molecule has 0 saturated heterocycles. The van der Waals surface area contributed by atoms with Gasteiger partial charge in [-0.05, 0) is 12.1 Å². The smallest absolute Gasteiger partial charge is 0.374 e. The second-order valence-corrected chi connectivity index (χ2v) is 4.63. The van der Waals surface area contributed by atoms with E-state index in [4.69, 9.17) is 14.5 Å². The molecule has 0 bridgehead atoms. The first-order chi connectivity index (χ1) is 7.63. The van der Waals surface area contributed by atoms with Crippen molar-refractivity contribution in [1.29, 1.82) is 0 Å². The number of hydrogen-bond donors (Lipinski definition) is 2. The molecule has 0 aromatic heterocycles. The van der Waals surface area contributed by atoms with Gasteiger partial charge in [-0.2, -0.15) is 0 Å². The molecular weight excluding hydrogens is 254 g/mol. The summed E-state index contributed by atoms with van der Waals surface area (Å²) in [4.78, 5) is 8.39. The second-order valence-electron chi connectivity index (χ2n) is 2.57. The van der Waals surface area contributed by atoms with E-state index in [0.717, 1.165) is 6.26 Å². The summed E-state index contributed by atoms with van der Waals surface area (Å²) in [6.45, 7) is 0. The van der Waals surface area contributed by atoms with Crippen LogP contribution in [0.1, 0.15) is 5.56 Å². The van der Waals surface area contributed by atoms with Crippen molar-refractivity contribution >= 4 is 22.6 Å². The number of benzene rings is 1. The highest BCUT2D eigenvalue weighted by atomic mass is 31.2. The minimum Gasteiger partial charge on any atom is -0.516 e. The Kier molecular flexibility index (Phi) is 5.29. The molecule has 0 amide bonds. The van der Waals surface area contributed by atoms with E-state index in [1.54, 1.807) is 18.2 Å². The molecule has 0 heterocycles. The summed E-state index contributed by atoms with van der Waals surface area (Å²) >= 11 is 0. The maximum Gasteiger partial charge on any atom is 0.374 e. The average Bonchev–Trinajstić information content (AvgIpc) is 2.20. The minimum atomic E-state index is -3.29. The summed E-state index contributed by atoms with van der Waals surface area (Å²) in [6, 6.07) is 6.42. The second kappa shape index (κ2) is 6.51. The normalized spacial score (nSPS) is 14.8. The summed E-state index contributed by atoms with van der Waals surface area (Å²) in [5, 5.41) is 8.60. The van der Waals surface area contributed by atoms with Gasteiger partial charge in [-0.3, -0.25) is 4.57 Å². The zero-order valence-electron chi connectivity index (χ0n) is 7.99. The van der Waals surface area contributed by atoms with Gasteiger partial charge in [-0.1, -0.05) is 18.2 Å². The van der Waals surface area contributed by atoms with Crippen molar-refractivity contribution in [2.45, 2.75) is 0 Å². The van der Waals surface area contributed by atoms with E-state index in [0.29, 0.717) is 5.56 Å². The summed E-state index contributed by atoms with van der Waals surface area (Å²) in [7, 11) is -6.35. The first-order valence-corrected chi connectivity index (χ1v) is 6.64. The molecule has 0 saturated carbocycles. The number of rotatable bonds is 5. The number of aliphatic hydroxyl groups is 1. The van der Waals surface area contributed by atoms with Crippen molar-refractivity contribution in [3.05, 3.63) is 36.1 Å². The van der Waals surface area contributed by atoms with Crippen molar-refractivity contribution in [3.63, 3.8) is 0 Å². The summed E-state index contributed by atoms with van der Waals surface area (Å²) in [5.74, 6) is 0.194. The fourth-order valence-corrected chi connectivity index (χ4v) is 2.08. The summed E-state index contributed by atoms with van der Waals surface area (Å²) < 4.78 is 30.3. The maximum atomic E-state index is 11.1. The van der Waals surface area contributed by atoms with Crippen molar-refractivity contribution in [2.24, 2.45) is 0 Å². The van der Waals surface area contributed by atoms with Crippen molar-refractivity contribution < 1.29 is 28.0 Å². The Morgan fingerprint density at radius 3 is 2.56 bits per heavy atom. The number of para-hydroxylation sites is 1. The Labute approximate surface area is 93.0 Å². The first-order valence-electron chi connectivity index (χ1n) is 4.16. The lowest BCUT2D eigenvalue weighted by Gasteiger charge is -2.07. The van der Waals surface area contributed by atoms with Crippen LogP contribution >= 0.6 is 16.5 Å². The molecular formula is C8H10O6P2. The fourth-order valence-electron chi connectivity index (χ4n) is 0.973. The Balaban J connectivity index is 2.80. The molecule has 2 atom stereocenters. The van der Waals surface area contributed by atoms with Crippen LogP contribution < -0.4 is 4.52 Å². The van der Waals surface area contributed by atoms with Crippen LogP contribution in [-0.4, -0.2) is 10.00 Å². The van der Waals surface area contributed by atoms with Gasteiger partial charge in [0.1, 0.15) is 5.75 Å². The SMILES string of the molecule is O=[PH](O)O[PH](=O)Oc1ccccc1C=CO. The van der Waals surface area contributed by atoms with E-state index in [9.17, 15) is 9.13 Å². The molecule has 2 N–H and O–H groups in total. The zero-order chi connectivity index (χ0) is 12.0. The number of aliphatic hydroxyl groups excluding tert-OH is 1. The van der Waals surface area contributed by atoms with E-state index in [-0.39, 0.29) is 5.75 Å². The molecule has 0 fully saturated rings. The van der Waals surface area contributed by atoms with Crippen molar-refractivity contribution in [2.75, 3.05) is 0 Å². The molecule has 8 heteroatoms. The van der Waals surface area contributed by atoms with Gasteiger partial charge in [0.25, 0.3) is 0 Å². The molecule has 1 aromatic rings. The topological polar surface area (TPSA) is 93.1 Å². The van der Waals surface area contributed by atoms with Crippen LogP contribution in [-0.2, 0) is 13.4 Å². The highest BCUT2D eigenvalue weighted by Gasteiger charge is 2.07. The van der Waals surface area contributed by atoms with Gasteiger partial charge in [-0.15, -0.1) is 0 Å². The van der Waals surface area contributed by atoms with E-state index in [1.807, 2.05) is 0 Å². The highest BCUT2D eigenvalue weighted by Crippen LogP contribution is 2.38. The standard InChI is InChI=1S/C8H10O6P2/c9-6-5-7-3-1-2-4-8(7)13-16(12)14-15(10)11/h1-6,9,15-16H,(H,10,11). The average molecular weight is 264 g/mol. The highest BCUT2D eigenvalue weighted by molar-refractivity contribution is 7.47. The van der Waals surface area contributed by atoms with Gasteiger partial charge in [0.15, 0.2) is 0 Å². The molecule has 0 aliphatic heterocycles. The van der Waals surface area contributed by atoms with E-state index in [2.05, 4.69) is 4.31 Å². The molecule has 1 aromatic carbocycles. The van der Waals surface area contributed by atoms with E-state index < -0.39 is 16.5 Å². The van der Waals surface area contributed by atoms with Crippen LogP contribution in [0.4, 0.5) is 0 Å². The van der Waals surface area contributed by atoms with E-state index in [1.165, 1.54) is 12.1 Å². The van der Waals surface area contributed by atoms with Gasteiger partial charge in [0.05, 0.1) is 6.26 Å². The molecule has 0 aliphatic rings. The van der Waals surface area contributed by atoms with Gasteiger partial charge in [0.2, 0.25) is 0 Å². The van der Waals surface area contributed by atoms with Gasteiger partial charge < -0.3 is 14.5 Å². The Morgan fingerprint density at radius 1 is 1.25 bits per heavy atom. The lowest BCUT2D eigenvalue weighted by atomic mass is 10.2. The molecule has 6 nitrogen and oxygen atoms in total. The molecule has 0 aliphatic carbocycles. The molecule has 88 valence electrons. The van der Waals surface area contributed by atoms with Gasteiger partial charge in [0, 0.05) is 5.56 Å². The maximum absolute atomic E-state index is 11.1. The lowest BCUT2D eigenvalue weighted by molar-refractivity contribution is 0.374. The molecule has 2 unspecified atom stereocenters. The molecule has 16 heavy (non-hydrogen) atoms. The molecule has 0 spiro atoms. The van der Waals surface area contributed by atoms with Crippen LogP contribution in [0.5, 0.6) is 5.75 Å². The number of hydrogen-bond acceptors (Lipinski definition) is 5. The van der Waals surface area contributed by atoms with Crippen LogP contribution in [0.15, 0.2) is 30.5 Å². The van der Waals surface area contributed by atoms with Crippen LogP contribution in [0.3, 0.4) is 0 Å². The molecule has 0 radical (unpaired) electrons. The summed E-state index contributed by atoms with van der Waals surface area (Å²) in [6.07, 6.45) is 2.13. The van der Waals surface area contributed by atoms with Gasteiger partial charge in [-0.25, -0.2) is 8.88 Å². The third-order valence-electron chi connectivity index (χ3n) is 1.54. The van der Waals surface area contributed by atoms with Gasteiger partial charge >= 0.3 is 16.5 Å². The monoisotopic (exact) mass is 264 g/mol.